The predicted molar refractivity (Wildman–Crippen MR) is 83.5 cm³/mol. The fourth-order valence-corrected chi connectivity index (χ4v) is 2.46. The van der Waals surface area contributed by atoms with Gasteiger partial charge in [-0.15, -0.1) is 0 Å². The molecule has 0 spiro atoms. The van der Waals surface area contributed by atoms with Crippen LogP contribution in [0.3, 0.4) is 0 Å². The molecular formula is C17H19FN2O4. The van der Waals surface area contributed by atoms with E-state index in [0.717, 1.165) is 25.0 Å². The number of hydrogen-bond acceptors (Lipinski definition) is 5. The number of ether oxygens (including phenoxy) is 2. The molecule has 1 fully saturated rings. The highest BCUT2D eigenvalue weighted by molar-refractivity contribution is 5.77. The van der Waals surface area contributed by atoms with Gasteiger partial charge in [0.2, 0.25) is 5.91 Å². The number of aromatic nitrogens is 1. The molecule has 2 heterocycles. The van der Waals surface area contributed by atoms with Crippen LogP contribution in [0, 0.1) is 5.82 Å². The Hall–Kier alpha value is -2.25. The lowest BCUT2D eigenvalue weighted by atomic mass is 10.1. The molecular weight excluding hydrogens is 315 g/mol. The monoisotopic (exact) mass is 334 g/mol. The number of nitrogens with one attached hydrogen (secondary N) is 1. The number of nitrogens with zero attached hydrogens (tertiary/aromatic N) is 1. The first-order chi connectivity index (χ1) is 11.7. The summed E-state index contributed by atoms with van der Waals surface area (Å²) in [4.78, 5) is 11.7. The van der Waals surface area contributed by atoms with Crippen molar-refractivity contribution < 1.29 is 23.2 Å². The van der Waals surface area contributed by atoms with Crippen molar-refractivity contribution in [3.63, 3.8) is 0 Å². The minimum Gasteiger partial charge on any atom is -0.376 e. The molecule has 1 aromatic heterocycles. The van der Waals surface area contributed by atoms with E-state index >= 15 is 0 Å². The van der Waals surface area contributed by atoms with Gasteiger partial charge in [-0.05, 0) is 37.1 Å². The van der Waals surface area contributed by atoms with E-state index in [0.29, 0.717) is 18.0 Å². The average Bonchev–Trinajstić information content (AvgIpc) is 3.25. The molecule has 1 N–H and O–H groups in total. The first-order valence-electron chi connectivity index (χ1n) is 7.88. The molecule has 1 amide bonds. The van der Waals surface area contributed by atoms with Gasteiger partial charge in [0.05, 0.1) is 12.7 Å². The van der Waals surface area contributed by atoms with Crippen LogP contribution < -0.4 is 5.32 Å². The van der Waals surface area contributed by atoms with Crippen molar-refractivity contribution in [2.75, 3.05) is 19.8 Å². The lowest BCUT2D eigenvalue weighted by Gasteiger charge is -2.10. The van der Waals surface area contributed by atoms with Crippen molar-refractivity contribution in [1.82, 2.24) is 10.5 Å². The number of benzene rings is 1. The van der Waals surface area contributed by atoms with Crippen LogP contribution in [0.5, 0.6) is 0 Å². The molecule has 0 radical (unpaired) electrons. The van der Waals surface area contributed by atoms with Crippen molar-refractivity contribution in [1.29, 1.82) is 0 Å². The van der Waals surface area contributed by atoms with Gasteiger partial charge in [-0.1, -0.05) is 5.16 Å². The van der Waals surface area contributed by atoms with E-state index in [9.17, 15) is 9.18 Å². The second kappa shape index (κ2) is 8.03. The summed E-state index contributed by atoms with van der Waals surface area (Å²) in [6, 6.07) is 7.63. The minimum absolute atomic E-state index is 0.0501. The first kappa shape index (κ1) is 16.6. The molecule has 1 aliphatic rings. The highest BCUT2D eigenvalue weighted by Crippen LogP contribution is 2.20. The van der Waals surface area contributed by atoms with Gasteiger partial charge in [0.1, 0.15) is 18.1 Å². The van der Waals surface area contributed by atoms with Gasteiger partial charge < -0.3 is 19.3 Å². The summed E-state index contributed by atoms with van der Waals surface area (Å²) in [5.41, 5.74) is 1.30. The van der Waals surface area contributed by atoms with Crippen molar-refractivity contribution in [2.45, 2.75) is 25.6 Å². The minimum atomic E-state index is -0.309. The Kier molecular flexibility index (Phi) is 5.55. The summed E-state index contributed by atoms with van der Waals surface area (Å²) >= 11 is 0. The van der Waals surface area contributed by atoms with Crippen molar-refractivity contribution >= 4 is 5.91 Å². The van der Waals surface area contributed by atoms with E-state index in [1.165, 1.54) is 12.1 Å². The Morgan fingerprint density at radius 3 is 2.96 bits per heavy atom. The fourth-order valence-electron chi connectivity index (χ4n) is 2.46. The zero-order valence-corrected chi connectivity index (χ0v) is 13.2. The maximum absolute atomic E-state index is 12.9. The predicted octanol–water partition coefficient (Wildman–Crippen LogP) is 2.29. The first-order valence-corrected chi connectivity index (χ1v) is 7.88. The Morgan fingerprint density at radius 2 is 2.21 bits per heavy atom. The molecule has 128 valence electrons. The molecule has 3 rings (SSSR count). The molecule has 1 unspecified atom stereocenters. The molecule has 1 atom stereocenters. The number of rotatable bonds is 7. The third-order valence-corrected chi connectivity index (χ3v) is 3.72. The molecule has 2 aromatic rings. The topological polar surface area (TPSA) is 73.6 Å². The van der Waals surface area contributed by atoms with E-state index in [1.54, 1.807) is 18.2 Å². The Bertz CT molecular complexity index is 665. The summed E-state index contributed by atoms with van der Waals surface area (Å²) in [7, 11) is 0. The van der Waals surface area contributed by atoms with Crippen LogP contribution in [0.4, 0.5) is 4.39 Å². The van der Waals surface area contributed by atoms with Gasteiger partial charge in [-0.25, -0.2) is 4.39 Å². The third-order valence-electron chi connectivity index (χ3n) is 3.72. The summed E-state index contributed by atoms with van der Waals surface area (Å²) in [6.45, 7) is 1.39. The Morgan fingerprint density at radius 1 is 1.38 bits per heavy atom. The number of carbonyl (C=O) groups is 1. The van der Waals surface area contributed by atoms with Gasteiger partial charge in [0.15, 0.2) is 5.76 Å². The molecule has 6 nitrogen and oxygen atoms in total. The molecule has 1 aliphatic heterocycles. The number of hydrogen-bond donors (Lipinski definition) is 1. The van der Waals surface area contributed by atoms with Crippen LogP contribution in [0.15, 0.2) is 34.9 Å². The Labute approximate surface area is 138 Å². The van der Waals surface area contributed by atoms with Crippen LogP contribution >= 0.6 is 0 Å². The summed E-state index contributed by atoms with van der Waals surface area (Å²) in [5.74, 6) is 0.0278. The molecule has 0 saturated carbocycles. The van der Waals surface area contributed by atoms with Gasteiger partial charge in [-0.2, -0.15) is 0 Å². The highest BCUT2D eigenvalue weighted by Gasteiger charge is 2.16. The van der Waals surface area contributed by atoms with E-state index in [4.69, 9.17) is 14.0 Å². The van der Waals surface area contributed by atoms with E-state index in [2.05, 4.69) is 10.5 Å². The van der Waals surface area contributed by atoms with Crippen LogP contribution in [0.2, 0.25) is 0 Å². The smallest absolute Gasteiger partial charge is 0.246 e. The average molecular weight is 334 g/mol. The van der Waals surface area contributed by atoms with E-state index < -0.39 is 0 Å². The van der Waals surface area contributed by atoms with Crippen molar-refractivity contribution in [3.05, 3.63) is 41.8 Å². The summed E-state index contributed by atoms with van der Waals surface area (Å²) in [5, 5.41) is 6.65. The van der Waals surface area contributed by atoms with Gasteiger partial charge in [0, 0.05) is 24.8 Å². The maximum Gasteiger partial charge on any atom is 0.246 e. The quantitative estimate of drug-likeness (QED) is 0.841. The maximum atomic E-state index is 12.9. The van der Waals surface area contributed by atoms with Crippen molar-refractivity contribution in [2.24, 2.45) is 0 Å². The summed E-state index contributed by atoms with van der Waals surface area (Å²) in [6.07, 6.45) is 2.13. The molecule has 0 aliphatic carbocycles. The van der Waals surface area contributed by atoms with Crippen LogP contribution in [-0.4, -0.2) is 36.9 Å². The van der Waals surface area contributed by atoms with E-state index in [-0.39, 0.29) is 31.0 Å². The molecule has 0 bridgehead atoms. The van der Waals surface area contributed by atoms with Crippen LogP contribution in [-0.2, 0) is 20.9 Å². The van der Waals surface area contributed by atoms with E-state index in [1.807, 2.05) is 0 Å². The molecule has 24 heavy (non-hydrogen) atoms. The zero-order chi connectivity index (χ0) is 16.8. The largest absolute Gasteiger partial charge is 0.376 e. The number of amides is 1. The number of halogens is 1. The van der Waals surface area contributed by atoms with Gasteiger partial charge in [-0.3, -0.25) is 4.79 Å². The highest BCUT2D eigenvalue weighted by atomic mass is 19.1. The lowest BCUT2D eigenvalue weighted by Crippen LogP contribution is -2.34. The van der Waals surface area contributed by atoms with Gasteiger partial charge >= 0.3 is 0 Å². The van der Waals surface area contributed by atoms with Crippen LogP contribution in [0.25, 0.3) is 11.3 Å². The standard InChI is InChI=1S/C17H19FN2O4/c18-13-5-3-12(4-6-13)16-8-14(20-24-16)10-22-11-17(21)19-9-15-2-1-7-23-15/h3-6,8,15H,1-2,7,9-11H2,(H,19,21). The Balaban J connectivity index is 1.40. The normalized spacial score (nSPS) is 17.1. The number of carbonyl (C=O) groups excluding carboxylic acids is 1. The van der Waals surface area contributed by atoms with Crippen molar-refractivity contribution in [3.8, 4) is 11.3 Å². The second-order valence-corrected chi connectivity index (χ2v) is 5.62. The molecule has 1 saturated heterocycles. The third kappa shape index (κ3) is 4.62. The van der Waals surface area contributed by atoms with Gasteiger partial charge in [0.25, 0.3) is 0 Å². The summed E-state index contributed by atoms with van der Waals surface area (Å²) < 4.78 is 28.9. The zero-order valence-electron chi connectivity index (χ0n) is 13.2. The van der Waals surface area contributed by atoms with Crippen LogP contribution in [0.1, 0.15) is 18.5 Å². The lowest BCUT2D eigenvalue weighted by molar-refractivity contribution is -0.126. The SMILES string of the molecule is O=C(COCc1cc(-c2ccc(F)cc2)on1)NCC1CCCO1. The molecule has 1 aromatic carbocycles. The fraction of sp³-hybridized carbons (Fsp3) is 0.412. The second-order valence-electron chi connectivity index (χ2n) is 5.62. The molecule has 7 heteroatoms.